The van der Waals surface area contributed by atoms with E-state index in [0.29, 0.717) is 24.0 Å². The zero-order valence-electron chi connectivity index (χ0n) is 19.5. The fourth-order valence-electron chi connectivity index (χ4n) is 7.80. The van der Waals surface area contributed by atoms with Crippen LogP contribution < -0.4 is 0 Å². The van der Waals surface area contributed by atoms with Gasteiger partial charge >= 0.3 is 5.97 Å². The number of hydrogen-bond acceptors (Lipinski definition) is 3. The molecule has 0 saturated heterocycles. The molecule has 3 saturated carbocycles. The average molecular weight is 415 g/mol. The van der Waals surface area contributed by atoms with Crippen LogP contribution in [0.3, 0.4) is 0 Å². The third-order valence-electron chi connectivity index (χ3n) is 9.63. The number of allylic oxidation sites excluding steroid dienone is 1. The monoisotopic (exact) mass is 414 g/mol. The van der Waals surface area contributed by atoms with E-state index >= 15 is 0 Å². The fourth-order valence-corrected chi connectivity index (χ4v) is 7.80. The van der Waals surface area contributed by atoms with E-state index < -0.39 is 0 Å². The Morgan fingerprint density at radius 3 is 2.60 bits per heavy atom. The van der Waals surface area contributed by atoms with Gasteiger partial charge in [0.25, 0.3) is 0 Å². The average Bonchev–Trinajstić information content (AvgIpc) is 3.04. The summed E-state index contributed by atoms with van der Waals surface area (Å²) in [5, 5.41) is 0. The maximum Gasteiger partial charge on any atom is 0.306 e. The van der Waals surface area contributed by atoms with Crippen molar-refractivity contribution in [1.29, 1.82) is 0 Å². The first-order valence-corrected chi connectivity index (χ1v) is 12.8. The molecule has 0 bridgehead atoms. The third kappa shape index (κ3) is 3.91. The molecular weight excluding hydrogens is 372 g/mol. The summed E-state index contributed by atoms with van der Waals surface area (Å²) < 4.78 is 6.12. The van der Waals surface area contributed by atoms with Crippen LogP contribution in [0.4, 0.5) is 0 Å². The van der Waals surface area contributed by atoms with E-state index in [2.05, 4.69) is 20.8 Å². The normalized spacial score (nSPS) is 40.2. The highest BCUT2D eigenvalue weighted by Gasteiger charge is 2.59. The Labute approximate surface area is 183 Å². The van der Waals surface area contributed by atoms with Gasteiger partial charge in [-0.25, -0.2) is 0 Å². The molecule has 0 aromatic heterocycles. The van der Waals surface area contributed by atoms with Crippen LogP contribution in [-0.2, 0) is 14.3 Å². The molecule has 4 rings (SSSR count). The van der Waals surface area contributed by atoms with Gasteiger partial charge in [0, 0.05) is 18.3 Å². The fraction of sp³-hybridized carbons (Fsp3) is 0.852. The van der Waals surface area contributed by atoms with Crippen molar-refractivity contribution in [3.05, 3.63) is 11.6 Å². The molecule has 3 nitrogen and oxygen atoms in total. The number of unbranched alkanes of at least 4 members (excludes halogenated alkanes) is 4. The first-order chi connectivity index (χ1) is 14.4. The number of hydrogen-bond donors (Lipinski definition) is 0. The van der Waals surface area contributed by atoms with Gasteiger partial charge in [0.15, 0.2) is 5.78 Å². The third-order valence-corrected chi connectivity index (χ3v) is 9.63. The quantitative estimate of drug-likeness (QED) is 0.340. The maximum atomic E-state index is 12.5. The number of carbonyl (C=O) groups is 2. The molecule has 4 aliphatic rings. The highest BCUT2D eigenvalue weighted by molar-refractivity contribution is 5.91. The standard InChI is InChI=1S/C27H42O3/c1-4-5-6-7-8-9-25(29)30-24-13-12-22-21-11-10-19-18-20(28)14-16-26(19,2)23(21)15-17-27(22,24)3/h18,21-24H,4-17H2,1-3H3. The number of fused-ring (bicyclic) bond motifs is 5. The van der Waals surface area contributed by atoms with E-state index in [1.807, 2.05) is 6.08 Å². The highest BCUT2D eigenvalue weighted by Crippen LogP contribution is 2.65. The number of ether oxygens (including phenoxy) is 1. The minimum absolute atomic E-state index is 0.0344. The van der Waals surface area contributed by atoms with Crippen molar-refractivity contribution in [2.45, 2.75) is 117 Å². The highest BCUT2D eigenvalue weighted by atomic mass is 16.5. The van der Waals surface area contributed by atoms with E-state index in [9.17, 15) is 9.59 Å². The lowest BCUT2D eigenvalue weighted by Gasteiger charge is -2.57. The van der Waals surface area contributed by atoms with Crippen LogP contribution in [0.15, 0.2) is 11.6 Å². The summed E-state index contributed by atoms with van der Waals surface area (Å²) in [6.07, 6.45) is 17.3. The predicted molar refractivity (Wildman–Crippen MR) is 120 cm³/mol. The zero-order chi connectivity index (χ0) is 21.4. The molecule has 0 aromatic carbocycles. The number of carbonyl (C=O) groups excluding carboxylic acids is 2. The van der Waals surface area contributed by atoms with Crippen molar-refractivity contribution in [3.8, 4) is 0 Å². The Bertz CT molecular complexity index is 694. The molecule has 6 unspecified atom stereocenters. The van der Waals surface area contributed by atoms with Gasteiger partial charge in [0.2, 0.25) is 0 Å². The van der Waals surface area contributed by atoms with Crippen LogP contribution in [0.2, 0.25) is 0 Å². The summed E-state index contributed by atoms with van der Waals surface area (Å²) in [7, 11) is 0. The first-order valence-electron chi connectivity index (χ1n) is 12.8. The van der Waals surface area contributed by atoms with Gasteiger partial charge in [-0.2, -0.15) is 0 Å². The van der Waals surface area contributed by atoms with Gasteiger partial charge in [-0.3, -0.25) is 9.59 Å². The Morgan fingerprint density at radius 2 is 1.80 bits per heavy atom. The van der Waals surface area contributed by atoms with Crippen molar-refractivity contribution in [3.63, 3.8) is 0 Å². The minimum atomic E-state index is 0.0344. The molecule has 0 radical (unpaired) electrons. The van der Waals surface area contributed by atoms with Crippen molar-refractivity contribution >= 4 is 11.8 Å². The molecule has 3 heteroatoms. The van der Waals surface area contributed by atoms with Crippen LogP contribution in [0.1, 0.15) is 111 Å². The van der Waals surface area contributed by atoms with Crippen LogP contribution in [0.5, 0.6) is 0 Å². The van der Waals surface area contributed by atoms with Crippen molar-refractivity contribution in [2.24, 2.45) is 28.6 Å². The number of ketones is 1. The summed E-state index contributed by atoms with van der Waals surface area (Å²) >= 11 is 0. The second kappa shape index (κ2) is 8.79. The Hall–Kier alpha value is -1.12. The summed E-state index contributed by atoms with van der Waals surface area (Å²) in [4.78, 5) is 24.5. The predicted octanol–water partition coefficient (Wildman–Crippen LogP) is 6.79. The Morgan fingerprint density at radius 1 is 1.00 bits per heavy atom. The van der Waals surface area contributed by atoms with Crippen molar-refractivity contribution in [2.75, 3.05) is 0 Å². The van der Waals surface area contributed by atoms with Gasteiger partial charge in [0.05, 0.1) is 0 Å². The SMILES string of the molecule is CCCCCCCC(=O)OC1CCC2C3CCC4=CC(=O)CCC4(C)C3CCC12C. The first kappa shape index (κ1) is 22.1. The molecule has 30 heavy (non-hydrogen) atoms. The number of esters is 1. The van der Waals surface area contributed by atoms with Gasteiger partial charge in [-0.15, -0.1) is 0 Å². The van der Waals surface area contributed by atoms with E-state index in [1.54, 1.807) is 0 Å². The van der Waals surface area contributed by atoms with E-state index in [4.69, 9.17) is 4.74 Å². The van der Waals surface area contributed by atoms with E-state index in [0.717, 1.165) is 44.4 Å². The lowest BCUT2D eigenvalue weighted by atomic mass is 9.47. The van der Waals surface area contributed by atoms with Gasteiger partial charge in [-0.1, -0.05) is 52.0 Å². The Balaban J connectivity index is 1.39. The molecule has 168 valence electrons. The zero-order valence-corrected chi connectivity index (χ0v) is 19.5. The molecule has 4 aliphatic carbocycles. The van der Waals surface area contributed by atoms with Crippen LogP contribution >= 0.6 is 0 Å². The van der Waals surface area contributed by atoms with Gasteiger partial charge < -0.3 is 4.74 Å². The van der Waals surface area contributed by atoms with Crippen molar-refractivity contribution in [1.82, 2.24) is 0 Å². The smallest absolute Gasteiger partial charge is 0.306 e. The van der Waals surface area contributed by atoms with Crippen molar-refractivity contribution < 1.29 is 14.3 Å². The summed E-state index contributed by atoms with van der Waals surface area (Å²) in [6, 6.07) is 0. The van der Waals surface area contributed by atoms with E-state index in [-0.39, 0.29) is 22.9 Å². The lowest BCUT2D eigenvalue weighted by Crippen LogP contribution is -2.51. The molecule has 0 N–H and O–H groups in total. The van der Waals surface area contributed by atoms with Crippen LogP contribution in [-0.4, -0.2) is 17.9 Å². The molecule has 0 spiro atoms. The van der Waals surface area contributed by atoms with Crippen LogP contribution in [0.25, 0.3) is 0 Å². The molecule has 6 atom stereocenters. The van der Waals surface area contributed by atoms with Gasteiger partial charge in [-0.05, 0) is 80.6 Å². The molecule has 3 fully saturated rings. The summed E-state index contributed by atoms with van der Waals surface area (Å²) in [5.74, 6) is 2.49. The number of rotatable bonds is 7. The molecule has 0 amide bonds. The molecule has 0 heterocycles. The largest absolute Gasteiger partial charge is 0.462 e. The van der Waals surface area contributed by atoms with Crippen LogP contribution in [0, 0.1) is 28.6 Å². The Kier molecular flexibility index (Phi) is 6.47. The molecule has 0 aliphatic heterocycles. The topological polar surface area (TPSA) is 43.4 Å². The second-order valence-electron chi connectivity index (χ2n) is 11.2. The summed E-state index contributed by atoms with van der Waals surface area (Å²) in [5.41, 5.74) is 1.82. The summed E-state index contributed by atoms with van der Waals surface area (Å²) in [6.45, 7) is 7.08. The maximum absolute atomic E-state index is 12.5. The lowest BCUT2D eigenvalue weighted by molar-refractivity contribution is -0.160. The molecular formula is C27H42O3. The minimum Gasteiger partial charge on any atom is -0.462 e. The van der Waals surface area contributed by atoms with Gasteiger partial charge in [0.1, 0.15) is 6.10 Å². The van der Waals surface area contributed by atoms with E-state index in [1.165, 1.54) is 50.5 Å². The second-order valence-corrected chi connectivity index (χ2v) is 11.2. The molecule has 0 aromatic rings.